The van der Waals surface area contributed by atoms with Crippen molar-refractivity contribution in [3.63, 3.8) is 0 Å². The number of hydrogen-bond acceptors (Lipinski definition) is 2. The Labute approximate surface area is 546 Å². The number of furan rings is 1. The number of anilines is 3. The van der Waals surface area contributed by atoms with E-state index in [4.69, 9.17) is 4.42 Å². The lowest BCUT2D eigenvalue weighted by atomic mass is 9.33. The van der Waals surface area contributed by atoms with Crippen molar-refractivity contribution >= 4 is 83.9 Å². The van der Waals surface area contributed by atoms with E-state index in [1.165, 1.54) is 66.1 Å². The second-order valence-electron chi connectivity index (χ2n) is 25.1. The van der Waals surface area contributed by atoms with Gasteiger partial charge in [0.15, 0.2) is 0 Å². The van der Waals surface area contributed by atoms with Crippen LogP contribution >= 0.6 is 0 Å². The fourth-order valence-corrected chi connectivity index (χ4v) is 15.4. The van der Waals surface area contributed by atoms with Crippen LogP contribution in [0.15, 0.2) is 350 Å². The van der Waals surface area contributed by atoms with Gasteiger partial charge in [0.05, 0.1) is 11.2 Å². The third kappa shape index (κ3) is 8.75. The molecule has 4 heteroatoms. The molecule has 436 valence electrons. The van der Waals surface area contributed by atoms with Gasteiger partial charge in [0.2, 0.25) is 0 Å². The van der Waals surface area contributed by atoms with Gasteiger partial charge in [-0.05, 0) is 184 Å². The summed E-state index contributed by atoms with van der Waals surface area (Å²) in [5, 5.41) is 4.55. The van der Waals surface area contributed by atoms with E-state index in [0.29, 0.717) is 0 Å². The molecule has 0 atom stereocenters. The number of hydrogen-bond donors (Lipinski definition) is 0. The summed E-state index contributed by atoms with van der Waals surface area (Å²) in [6.07, 6.45) is 0. The first-order chi connectivity index (χ1) is 46.6. The lowest BCUT2D eigenvalue weighted by Gasteiger charge is -2.42. The molecule has 0 saturated carbocycles. The molecule has 0 bridgehead atoms. The molecule has 4 heterocycles. The standard InChI is InChI=1S/C90H57BN2O/c1-8-24-58(25-9-1)65-38-22-40-67(46-65)69-43-45-82-77(48-69)79-51-72(68-41-23-39-66(47-68)59-26-10-2-11-27-59)52-81-90(79)92(82)84-53-73(62-32-16-5-17-33-62)54-85-88(84)91(81)80-57-87-78(74-44-42-70(55-86(74)94-87)60-28-12-3-13-29-60)56-83(80)93(85)89-75(63-34-18-6-19-35-63)49-71(61-30-14-4-15-31-61)50-76(89)64-36-20-7-21-37-64/h1-57H. The van der Waals surface area contributed by atoms with Crippen LogP contribution in [0.5, 0.6) is 0 Å². The van der Waals surface area contributed by atoms with Gasteiger partial charge in [-0.25, -0.2) is 0 Å². The molecule has 0 unspecified atom stereocenters. The van der Waals surface area contributed by atoms with Crippen molar-refractivity contribution in [1.29, 1.82) is 0 Å². The highest BCUT2D eigenvalue weighted by atomic mass is 16.3. The second kappa shape index (κ2) is 21.7. The van der Waals surface area contributed by atoms with Crippen molar-refractivity contribution in [2.75, 3.05) is 4.90 Å². The zero-order valence-electron chi connectivity index (χ0n) is 51.3. The molecule has 94 heavy (non-hydrogen) atoms. The van der Waals surface area contributed by atoms with Gasteiger partial charge in [-0.15, -0.1) is 0 Å². The Morgan fingerprint density at radius 3 is 1.18 bits per heavy atom. The lowest BCUT2D eigenvalue weighted by molar-refractivity contribution is 0.669. The Kier molecular flexibility index (Phi) is 12.4. The molecule has 0 aliphatic carbocycles. The molecule has 0 saturated heterocycles. The Bertz CT molecular complexity index is 5760. The van der Waals surface area contributed by atoms with E-state index in [1.807, 2.05) is 0 Å². The molecule has 0 amide bonds. The summed E-state index contributed by atoms with van der Waals surface area (Å²) >= 11 is 0. The van der Waals surface area contributed by atoms with Crippen LogP contribution in [0.3, 0.4) is 0 Å². The molecule has 17 aromatic rings. The van der Waals surface area contributed by atoms with Crippen LogP contribution in [-0.2, 0) is 0 Å². The smallest absolute Gasteiger partial charge is 0.252 e. The maximum atomic E-state index is 7.29. The Morgan fingerprint density at radius 2 is 0.638 bits per heavy atom. The summed E-state index contributed by atoms with van der Waals surface area (Å²) in [6.45, 7) is -0.249. The summed E-state index contributed by atoms with van der Waals surface area (Å²) in [4.78, 5) is 2.66. The fourth-order valence-electron chi connectivity index (χ4n) is 15.4. The normalized spacial score (nSPS) is 12.2. The summed E-state index contributed by atoms with van der Waals surface area (Å²) < 4.78 is 9.91. The molecule has 0 radical (unpaired) electrons. The lowest BCUT2D eigenvalue weighted by Crippen LogP contribution is -2.60. The Morgan fingerprint density at radius 1 is 0.234 bits per heavy atom. The minimum absolute atomic E-state index is 0.249. The number of nitrogens with zero attached hydrogens (tertiary/aromatic N) is 2. The molecule has 0 N–H and O–H groups in total. The first-order valence-corrected chi connectivity index (χ1v) is 32.5. The second-order valence-corrected chi connectivity index (χ2v) is 25.1. The predicted molar refractivity (Wildman–Crippen MR) is 396 cm³/mol. The van der Waals surface area contributed by atoms with Gasteiger partial charge in [0.1, 0.15) is 11.2 Å². The zero-order valence-corrected chi connectivity index (χ0v) is 51.3. The van der Waals surface area contributed by atoms with Crippen molar-refractivity contribution in [2.24, 2.45) is 0 Å². The van der Waals surface area contributed by atoms with Crippen molar-refractivity contribution in [1.82, 2.24) is 4.57 Å². The average Bonchev–Trinajstić information content (AvgIpc) is 1.19. The van der Waals surface area contributed by atoms with E-state index >= 15 is 0 Å². The summed E-state index contributed by atoms with van der Waals surface area (Å²) in [7, 11) is 0. The van der Waals surface area contributed by atoms with Crippen LogP contribution < -0.4 is 21.3 Å². The molecule has 2 aliphatic heterocycles. The van der Waals surface area contributed by atoms with Crippen LogP contribution in [0.4, 0.5) is 17.1 Å². The van der Waals surface area contributed by atoms with E-state index in [1.54, 1.807) is 0 Å². The molecule has 15 aromatic carbocycles. The minimum atomic E-state index is -0.249. The minimum Gasteiger partial charge on any atom is -0.456 e. The van der Waals surface area contributed by atoms with Gasteiger partial charge < -0.3 is 13.9 Å². The van der Waals surface area contributed by atoms with E-state index in [-0.39, 0.29) is 6.71 Å². The van der Waals surface area contributed by atoms with Crippen LogP contribution in [0, 0.1) is 0 Å². The first-order valence-electron chi connectivity index (χ1n) is 32.5. The van der Waals surface area contributed by atoms with Crippen LogP contribution in [0.1, 0.15) is 0 Å². The average molecular weight is 1190 g/mol. The van der Waals surface area contributed by atoms with Gasteiger partial charge in [0.25, 0.3) is 6.71 Å². The maximum Gasteiger partial charge on any atom is 0.252 e. The molecular formula is C90H57BN2O. The van der Waals surface area contributed by atoms with Crippen LogP contribution in [0.25, 0.3) is 150 Å². The monoisotopic (exact) mass is 1190 g/mol. The summed E-state index contributed by atoms with van der Waals surface area (Å²) in [5.74, 6) is 0. The number of rotatable bonds is 10. The summed E-state index contributed by atoms with van der Waals surface area (Å²) in [5.41, 5.74) is 33.0. The van der Waals surface area contributed by atoms with Gasteiger partial charge in [-0.3, -0.25) is 0 Å². The maximum absolute atomic E-state index is 7.29. The molecule has 0 spiro atoms. The predicted octanol–water partition coefficient (Wildman–Crippen LogP) is 22.3. The largest absolute Gasteiger partial charge is 0.456 e. The number of benzene rings is 15. The highest BCUT2D eigenvalue weighted by Crippen LogP contribution is 2.53. The Balaban J connectivity index is 0.964. The molecular weight excluding hydrogens is 1140 g/mol. The first kappa shape index (κ1) is 53.6. The van der Waals surface area contributed by atoms with Crippen LogP contribution in [0.2, 0.25) is 0 Å². The van der Waals surface area contributed by atoms with Gasteiger partial charge in [0, 0.05) is 55.3 Å². The third-order valence-corrected chi connectivity index (χ3v) is 19.7. The molecule has 3 nitrogen and oxygen atoms in total. The van der Waals surface area contributed by atoms with Crippen molar-refractivity contribution in [3.05, 3.63) is 346 Å². The van der Waals surface area contributed by atoms with Gasteiger partial charge in [-0.1, -0.05) is 267 Å². The van der Waals surface area contributed by atoms with E-state index in [9.17, 15) is 0 Å². The Hall–Kier alpha value is -12.2. The topological polar surface area (TPSA) is 21.3 Å². The molecule has 0 fully saturated rings. The van der Waals surface area contributed by atoms with Crippen LogP contribution in [-0.4, -0.2) is 11.3 Å². The molecule has 2 aromatic heterocycles. The number of fused-ring (bicyclic) bond motifs is 10. The van der Waals surface area contributed by atoms with Crippen molar-refractivity contribution in [3.8, 4) is 106 Å². The highest BCUT2D eigenvalue weighted by Gasteiger charge is 2.44. The SMILES string of the molecule is c1ccc(-c2cccc(-c3ccc4c(c3)c3cc(-c5cccc(-c6ccccc6)c5)cc5c3n4-c3cc(-c4ccccc4)cc4c3B5c3cc5oc6cc(-c7ccccc7)ccc6c5cc3N4c3c(-c4ccccc4)cc(-c4ccccc4)cc3-c3ccccc3)c2)cc1. The van der Waals surface area contributed by atoms with Crippen molar-refractivity contribution in [2.45, 2.75) is 0 Å². The van der Waals surface area contributed by atoms with E-state index in [2.05, 4.69) is 355 Å². The van der Waals surface area contributed by atoms with Gasteiger partial charge >= 0.3 is 0 Å². The molecule has 2 aliphatic rings. The quantitative estimate of drug-likeness (QED) is 0.127. The zero-order chi connectivity index (χ0) is 61.8. The summed E-state index contributed by atoms with van der Waals surface area (Å²) in [6, 6.07) is 128. The third-order valence-electron chi connectivity index (χ3n) is 19.7. The highest BCUT2D eigenvalue weighted by molar-refractivity contribution is 7.00. The number of aromatic nitrogens is 1. The van der Waals surface area contributed by atoms with E-state index in [0.717, 1.165) is 117 Å². The molecule has 19 rings (SSSR count). The van der Waals surface area contributed by atoms with Gasteiger partial charge in [-0.2, -0.15) is 0 Å². The fraction of sp³-hybridized carbons (Fsp3) is 0. The van der Waals surface area contributed by atoms with Crippen molar-refractivity contribution < 1.29 is 4.42 Å². The van der Waals surface area contributed by atoms with E-state index < -0.39 is 0 Å².